The Morgan fingerprint density at radius 1 is 0.871 bits per heavy atom. The van der Waals surface area contributed by atoms with Crippen molar-refractivity contribution in [2.75, 3.05) is 32.7 Å². The second-order valence-corrected chi connectivity index (χ2v) is 6.64. The highest BCUT2D eigenvalue weighted by Gasteiger charge is 2.38. The van der Waals surface area contributed by atoms with Gasteiger partial charge >= 0.3 is 12.4 Å². The van der Waals surface area contributed by atoms with Crippen molar-refractivity contribution in [1.29, 1.82) is 0 Å². The predicted molar refractivity (Wildman–Crippen MR) is 99.9 cm³/mol. The van der Waals surface area contributed by atoms with Crippen LogP contribution in [0.1, 0.15) is 22.3 Å². The van der Waals surface area contributed by atoms with Crippen LogP contribution in [0.25, 0.3) is 0 Å². The number of methoxy groups -OCH3 is 2. The van der Waals surface area contributed by atoms with Crippen molar-refractivity contribution in [3.05, 3.63) is 52.6 Å². The molecule has 2 aromatic carbocycles. The van der Waals surface area contributed by atoms with E-state index >= 15 is 0 Å². The zero-order valence-corrected chi connectivity index (χ0v) is 16.5. The standard InChI is InChI=1S/C20H16F6N2O3/c1-28-14-8-16(31-3)15(30-2)7-13(14)18(27-9-17(28)29)10-4-11(19(21,22)23)6-12(5-10)20(24,25)26/h4-8H,9H2,1-3H3. The number of rotatable bonds is 3. The van der Waals surface area contributed by atoms with Crippen LogP contribution in [0.15, 0.2) is 35.3 Å². The van der Waals surface area contributed by atoms with Gasteiger partial charge in [-0.15, -0.1) is 0 Å². The largest absolute Gasteiger partial charge is 0.493 e. The number of aliphatic imine (C=N–C) groups is 1. The summed E-state index contributed by atoms with van der Waals surface area (Å²) in [4.78, 5) is 17.6. The third-order valence-corrected chi connectivity index (χ3v) is 4.73. The molecule has 11 heteroatoms. The number of hydrogen-bond donors (Lipinski definition) is 0. The van der Waals surface area contributed by atoms with Gasteiger partial charge < -0.3 is 14.4 Å². The number of hydrogen-bond acceptors (Lipinski definition) is 4. The van der Waals surface area contributed by atoms with E-state index in [4.69, 9.17) is 9.47 Å². The van der Waals surface area contributed by atoms with Gasteiger partial charge in [0.25, 0.3) is 0 Å². The first-order chi connectivity index (χ1) is 14.4. The molecule has 0 fully saturated rings. The third-order valence-electron chi connectivity index (χ3n) is 4.73. The summed E-state index contributed by atoms with van der Waals surface area (Å²) in [6.45, 7) is -0.470. The lowest BCUT2D eigenvalue weighted by Gasteiger charge is -2.21. The Labute approximate surface area is 172 Å². The normalized spacial score (nSPS) is 14.7. The number of likely N-dealkylation sites (N-methyl/N-ethyl adjacent to an activating group) is 1. The van der Waals surface area contributed by atoms with Crippen LogP contribution in [-0.4, -0.2) is 39.4 Å². The molecule has 0 bridgehead atoms. The van der Waals surface area contributed by atoms with E-state index in [2.05, 4.69) is 4.99 Å². The number of benzene rings is 2. The number of anilines is 1. The van der Waals surface area contributed by atoms with E-state index in [0.717, 1.165) is 0 Å². The molecule has 1 heterocycles. The summed E-state index contributed by atoms with van der Waals surface area (Å²) in [5, 5.41) is 0. The molecule has 1 aliphatic rings. The topological polar surface area (TPSA) is 51.1 Å². The molecule has 31 heavy (non-hydrogen) atoms. The summed E-state index contributed by atoms with van der Waals surface area (Å²) < 4.78 is 90.3. The summed E-state index contributed by atoms with van der Waals surface area (Å²) in [6, 6.07) is 3.95. The minimum absolute atomic E-state index is 0.0353. The molecular weight excluding hydrogens is 430 g/mol. The van der Waals surface area contributed by atoms with Crippen LogP contribution < -0.4 is 14.4 Å². The first kappa shape index (κ1) is 22.4. The predicted octanol–water partition coefficient (Wildman–Crippen LogP) is 4.56. The van der Waals surface area contributed by atoms with Gasteiger partial charge in [0.15, 0.2) is 11.5 Å². The molecule has 0 N–H and O–H groups in total. The fraction of sp³-hybridized carbons (Fsp3) is 0.300. The van der Waals surface area contributed by atoms with Gasteiger partial charge in [0.05, 0.1) is 36.7 Å². The van der Waals surface area contributed by atoms with Crippen LogP contribution >= 0.6 is 0 Å². The fourth-order valence-electron chi connectivity index (χ4n) is 3.15. The molecule has 0 saturated carbocycles. The molecule has 0 aliphatic carbocycles. The number of carbonyl (C=O) groups excluding carboxylic acids is 1. The SMILES string of the molecule is COc1cc2c(cc1OC)N(C)C(=O)CN=C2c1cc(C(F)(F)F)cc(C(F)(F)F)c1. The molecule has 1 aliphatic heterocycles. The molecule has 5 nitrogen and oxygen atoms in total. The number of carbonyl (C=O) groups is 1. The van der Waals surface area contributed by atoms with Crippen LogP contribution in [0.5, 0.6) is 11.5 Å². The Morgan fingerprint density at radius 3 is 1.87 bits per heavy atom. The molecular formula is C20H16F6N2O3. The average molecular weight is 446 g/mol. The zero-order valence-electron chi connectivity index (χ0n) is 16.5. The van der Waals surface area contributed by atoms with Gasteiger partial charge in [-0.05, 0) is 24.3 Å². The summed E-state index contributed by atoms with van der Waals surface area (Å²) in [6.07, 6.45) is -10.0. The van der Waals surface area contributed by atoms with Crippen molar-refractivity contribution in [1.82, 2.24) is 0 Å². The van der Waals surface area contributed by atoms with Crippen molar-refractivity contribution < 1.29 is 40.6 Å². The number of alkyl halides is 6. The minimum atomic E-state index is -5.02. The molecule has 0 spiro atoms. The molecule has 3 rings (SSSR count). The first-order valence-corrected chi connectivity index (χ1v) is 8.74. The van der Waals surface area contributed by atoms with Gasteiger partial charge in [-0.1, -0.05) is 0 Å². The molecule has 166 valence electrons. The van der Waals surface area contributed by atoms with Gasteiger partial charge in [-0.2, -0.15) is 26.3 Å². The summed E-state index contributed by atoms with van der Waals surface area (Å²) in [7, 11) is 4.08. The molecule has 0 saturated heterocycles. The number of amides is 1. The van der Waals surface area contributed by atoms with E-state index in [9.17, 15) is 31.1 Å². The van der Waals surface area contributed by atoms with E-state index < -0.39 is 41.5 Å². The van der Waals surface area contributed by atoms with Crippen LogP contribution in [0.2, 0.25) is 0 Å². The maximum Gasteiger partial charge on any atom is 0.416 e. The molecule has 0 radical (unpaired) electrons. The van der Waals surface area contributed by atoms with Gasteiger partial charge in [0.1, 0.15) is 6.54 Å². The first-order valence-electron chi connectivity index (χ1n) is 8.74. The Balaban J connectivity index is 2.33. The van der Waals surface area contributed by atoms with Crippen LogP contribution in [0.3, 0.4) is 0 Å². The number of benzodiazepines with no additional fused rings is 1. The van der Waals surface area contributed by atoms with E-state index in [1.165, 1.54) is 38.3 Å². The molecule has 0 atom stereocenters. The zero-order chi connectivity index (χ0) is 23.1. The van der Waals surface area contributed by atoms with E-state index in [1.54, 1.807) is 0 Å². The van der Waals surface area contributed by atoms with Gasteiger partial charge in [0.2, 0.25) is 5.91 Å². The monoisotopic (exact) mass is 446 g/mol. The second kappa shape index (κ2) is 7.78. The van der Waals surface area contributed by atoms with E-state index in [1.807, 2.05) is 0 Å². The van der Waals surface area contributed by atoms with Crippen molar-refractivity contribution >= 4 is 17.3 Å². The van der Waals surface area contributed by atoms with E-state index in [-0.39, 0.29) is 34.5 Å². The molecule has 0 unspecified atom stereocenters. The smallest absolute Gasteiger partial charge is 0.416 e. The lowest BCUT2D eigenvalue weighted by molar-refractivity contribution is -0.143. The number of nitrogens with zero attached hydrogens (tertiary/aromatic N) is 2. The number of ether oxygens (including phenoxy) is 2. The highest BCUT2D eigenvalue weighted by atomic mass is 19.4. The van der Waals surface area contributed by atoms with Crippen molar-refractivity contribution in [2.45, 2.75) is 12.4 Å². The van der Waals surface area contributed by atoms with Crippen LogP contribution in [0.4, 0.5) is 32.0 Å². The van der Waals surface area contributed by atoms with Gasteiger partial charge in [-0.3, -0.25) is 9.79 Å². The third kappa shape index (κ3) is 4.30. The molecule has 2 aromatic rings. The summed E-state index contributed by atoms with van der Waals surface area (Å²) >= 11 is 0. The van der Waals surface area contributed by atoms with Crippen molar-refractivity contribution in [2.24, 2.45) is 4.99 Å². The lowest BCUT2D eigenvalue weighted by Crippen LogP contribution is -2.27. The second-order valence-electron chi connectivity index (χ2n) is 6.64. The quantitative estimate of drug-likeness (QED) is 0.650. The average Bonchev–Trinajstić information content (AvgIpc) is 2.82. The summed E-state index contributed by atoms with van der Waals surface area (Å²) in [5.41, 5.74) is -3.27. The maximum absolute atomic E-state index is 13.3. The number of halogens is 6. The molecule has 1 amide bonds. The highest BCUT2D eigenvalue weighted by Crippen LogP contribution is 2.40. The fourth-order valence-corrected chi connectivity index (χ4v) is 3.15. The molecule has 0 aromatic heterocycles. The van der Waals surface area contributed by atoms with Crippen molar-refractivity contribution in [3.63, 3.8) is 0 Å². The lowest BCUT2D eigenvalue weighted by atomic mass is 9.95. The highest BCUT2D eigenvalue weighted by molar-refractivity contribution is 6.20. The Morgan fingerprint density at radius 2 is 1.39 bits per heavy atom. The Hall–Kier alpha value is -3.24. The van der Waals surface area contributed by atoms with Gasteiger partial charge in [-0.25, -0.2) is 0 Å². The van der Waals surface area contributed by atoms with Crippen LogP contribution in [-0.2, 0) is 17.1 Å². The maximum atomic E-state index is 13.3. The Bertz CT molecular complexity index is 1030. The summed E-state index contributed by atoms with van der Waals surface area (Å²) in [5.74, 6) is -0.117. The van der Waals surface area contributed by atoms with Crippen molar-refractivity contribution in [3.8, 4) is 11.5 Å². The van der Waals surface area contributed by atoms with Gasteiger partial charge in [0, 0.05) is 24.2 Å². The minimum Gasteiger partial charge on any atom is -0.493 e. The van der Waals surface area contributed by atoms with Crippen LogP contribution in [0, 0.1) is 0 Å². The number of fused-ring (bicyclic) bond motifs is 1. The van der Waals surface area contributed by atoms with E-state index in [0.29, 0.717) is 12.1 Å². The Kier molecular flexibility index (Phi) is 5.64.